The molecule has 0 unspecified atom stereocenters. The molecule has 0 aliphatic carbocycles. The van der Waals surface area contributed by atoms with Crippen molar-refractivity contribution in [3.8, 4) is 5.88 Å². The third-order valence-corrected chi connectivity index (χ3v) is 4.74. The molecule has 0 bridgehead atoms. The Kier molecular flexibility index (Phi) is 5.41. The first-order valence-corrected chi connectivity index (χ1v) is 9.55. The first kappa shape index (κ1) is 19.3. The molecule has 1 aliphatic heterocycles. The minimum atomic E-state index is 0.0701. The lowest BCUT2D eigenvalue weighted by Crippen LogP contribution is -2.25. The SMILES string of the molecule is COC[C@@H](C)Nc1nc2c(c(OC)n1)C(c1ccc3nccn3n1)=C[C@@H](C)NC2. The van der Waals surface area contributed by atoms with Gasteiger partial charge in [-0.3, -0.25) is 0 Å². The van der Waals surface area contributed by atoms with E-state index in [1.54, 1.807) is 24.9 Å². The number of aromatic nitrogens is 5. The van der Waals surface area contributed by atoms with Crippen LogP contribution in [0.5, 0.6) is 5.88 Å². The predicted molar refractivity (Wildman–Crippen MR) is 110 cm³/mol. The van der Waals surface area contributed by atoms with Crippen molar-refractivity contribution in [3.63, 3.8) is 0 Å². The first-order chi connectivity index (χ1) is 14.1. The molecule has 0 saturated heterocycles. The number of nitrogens with zero attached hydrogens (tertiary/aromatic N) is 5. The van der Waals surface area contributed by atoms with Crippen LogP contribution in [-0.2, 0) is 11.3 Å². The van der Waals surface area contributed by atoms with Gasteiger partial charge < -0.3 is 20.1 Å². The molecule has 29 heavy (non-hydrogen) atoms. The number of fused-ring (bicyclic) bond motifs is 2. The number of anilines is 1. The van der Waals surface area contributed by atoms with E-state index in [1.165, 1.54) is 0 Å². The minimum Gasteiger partial charge on any atom is -0.480 e. The van der Waals surface area contributed by atoms with Crippen LogP contribution in [0.25, 0.3) is 11.2 Å². The number of methoxy groups -OCH3 is 2. The van der Waals surface area contributed by atoms with Crippen LogP contribution in [0.1, 0.15) is 30.8 Å². The molecule has 0 amide bonds. The Labute approximate surface area is 169 Å². The van der Waals surface area contributed by atoms with Crippen molar-refractivity contribution >= 4 is 17.2 Å². The Balaban J connectivity index is 1.81. The van der Waals surface area contributed by atoms with Crippen LogP contribution < -0.4 is 15.4 Å². The molecular formula is C20H25N7O2. The molecule has 152 valence electrons. The topological polar surface area (TPSA) is 98.5 Å². The largest absolute Gasteiger partial charge is 0.480 e. The van der Waals surface area contributed by atoms with Gasteiger partial charge in [-0.25, -0.2) is 14.5 Å². The summed E-state index contributed by atoms with van der Waals surface area (Å²) in [5, 5.41) is 11.5. The molecule has 4 heterocycles. The highest BCUT2D eigenvalue weighted by atomic mass is 16.5. The van der Waals surface area contributed by atoms with E-state index in [4.69, 9.17) is 19.6 Å². The van der Waals surface area contributed by atoms with Gasteiger partial charge in [0, 0.05) is 43.7 Å². The maximum absolute atomic E-state index is 5.67. The Morgan fingerprint density at radius 3 is 2.97 bits per heavy atom. The third-order valence-electron chi connectivity index (χ3n) is 4.74. The molecule has 2 N–H and O–H groups in total. The summed E-state index contributed by atoms with van der Waals surface area (Å²) < 4.78 is 12.6. The zero-order valence-corrected chi connectivity index (χ0v) is 17.0. The summed E-state index contributed by atoms with van der Waals surface area (Å²) in [4.78, 5) is 13.6. The normalized spacial score (nSPS) is 17.4. The number of imidazole rings is 1. The van der Waals surface area contributed by atoms with Gasteiger partial charge in [-0.15, -0.1) is 0 Å². The fourth-order valence-corrected chi connectivity index (χ4v) is 3.43. The Bertz CT molecular complexity index is 1050. The highest BCUT2D eigenvalue weighted by Gasteiger charge is 2.25. The maximum atomic E-state index is 5.67. The van der Waals surface area contributed by atoms with Crippen molar-refractivity contribution in [1.82, 2.24) is 29.9 Å². The van der Waals surface area contributed by atoms with E-state index in [0.29, 0.717) is 25.0 Å². The van der Waals surface area contributed by atoms with Crippen molar-refractivity contribution in [2.45, 2.75) is 32.5 Å². The number of rotatable bonds is 6. The molecule has 0 aromatic carbocycles. The molecule has 0 fully saturated rings. The Morgan fingerprint density at radius 1 is 1.31 bits per heavy atom. The van der Waals surface area contributed by atoms with Crippen molar-refractivity contribution < 1.29 is 9.47 Å². The fourth-order valence-electron chi connectivity index (χ4n) is 3.43. The van der Waals surface area contributed by atoms with Gasteiger partial charge in [-0.2, -0.15) is 10.1 Å². The van der Waals surface area contributed by atoms with Gasteiger partial charge in [0.15, 0.2) is 5.65 Å². The van der Waals surface area contributed by atoms with E-state index >= 15 is 0 Å². The maximum Gasteiger partial charge on any atom is 0.226 e. The van der Waals surface area contributed by atoms with Crippen LogP contribution in [0.2, 0.25) is 0 Å². The molecular weight excluding hydrogens is 370 g/mol. The fraction of sp³-hybridized carbons (Fsp3) is 0.400. The van der Waals surface area contributed by atoms with Crippen LogP contribution in [0, 0.1) is 0 Å². The van der Waals surface area contributed by atoms with E-state index in [0.717, 1.165) is 28.2 Å². The lowest BCUT2D eigenvalue weighted by molar-refractivity contribution is 0.190. The number of ether oxygens (including phenoxy) is 2. The van der Waals surface area contributed by atoms with E-state index in [-0.39, 0.29) is 12.1 Å². The van der Waals surface area contributed by atoms with Crippen LogP contribution in [0.15, 0.2) is 30.6 Å². The Hall–Kier alpha value is -3.04. The average molecular weight is 395 g/mol. The molecule has 1 aliphatic rings. The van der Waals surface area contributed by atoms with Crippen LogP contribution in [0.3, 0.4) is 0 Å². The van der Waals surface area contributed by atoms with Gasteiger partial charge in [-0.1, -0.05) is 6.08 Å². The highest BCUT2D eigenvalue weighted by molar-refractivity contribution is 5.83. The predicted octanol–water partition coefficient (Wildman–Crippen LogP) is 1.90. The summed E-state index contributed by atoms with van der Waals surface area (Å²) in [6.07, 6.45) is 5.69. The van der Waals surface area contributed by atoms with Crippen LogP contribution in [0.4, 0.5) is 5.95 Å². The number of hydrogen-bond acceptors (Lipinski definition) is 8. The summed E-state index contributed by atoms with van der Waals surface area (Å²) in [5.41, 5.74) is 4.24. The van der Waals surface area contributed by atoms with E-state index in [9.17, 15) is 0 Å². The van der Waals surface area contributed by atoms with Crippen molar-refractivity contribution in [3.05, 3.63) is 47.6 Å². The zero-order valence-electron chi connectivity index (χ0n) is 17.0. The van der Waals surface area contributed by atoms with Crippen LogP contribution >= 0.6 is 0 Å². The standard InChI is InChI=1S/C20H25N7O2/c1-12-9-14(15-5-6-17-21-7-8-27(17)26-15)18-16(10-22-12)24-20(25-19(18)29-4)23-13(2)11-28-3/h5-9,12-13,22H,10-11H2,1-4H3,(H,23,24,25)/t12-,13-/m1/s1. The summed E-state index contributed by atoms with van der Waals surface area (Å²) in [6, 6.07) is 4.11. The van der Waals surface area contributed by atoms with Crippen LogP contribution in [-0.4, -0.2) is 57.5 Å². The quantitative estimate of drug-likeness (QED) is 0.653. The molecule has 4 rings (SSSR count). The molecule has 3 aromatic heterocycles. The smallest absolute Gasteiger partial charge is 0.226 e. The van der Waals surface area contributed by atoms with E-state index in [2.05, 4.69) is 33.6 Å². The molecule has 0 spiro atoms. The van der Waals surface area contributed by atoms with Crippen molar-refractivity contribution in [2.75, 3.05) is 26.1 Å². The summed E-state index contributed by atoms with van der Waals surface area (Å²) >= 11 is 0. The first-order valence-electron chi connectivity index (χ1n) is 9.55. The molecule has 3 aromatic rings. The summed E-state index contributed by atoms with van der Waals surface area (Å²) in [7, 11) is 3.29. The van der Waals surface area contributed by atoms with E-state index < -0.39 is 0 Å². The van der Waals surface area contributed by atoms with Crippen molar-refractivity contribution in [1.29, 1.82) is 0 Å². The molecule has 0 radical (unpaired) electrons. The lowest BCUT2D eigenvalue weighted by Gasteiger charge is -2.17. The van der Waals surface area contributed by atoms with Gasteiger partial charge in [0.1, 0.15) is 0 Å². The Morgan fingerprint density at radius 2 is 2.17 bits per heavy atom. The van der Waals surface area contributed by atoms with Gasteiger partial charge >= 0.3 is 0 Å². The van der Waals surface area contributed by atoms with Gasteiger partial charge in [0.05, 0.1) is 30.7 Å². The summed E-state index contributed by atoms with van der Waals surface area (Å²) in [6.45, 7) is 5.26. The van der Waals surface area contributed by atoms with Gasteiger partial charge in [0.25, 0.3) is 0 Å². The van der Waals surface area contributed by atoms with Gasteiger partial charge in [0.2, 0.25) is 11.8 Å². The zero-order chi connectivity index (χ0) is 20.4. The second-order valence-electron chi connectivity index (χ2n) is 7.08. The third kappa shape index (κ3) is 3.92. The highest BCUT2D eigenvalue weighted by Crippen LogP contribution is 2.34. The molecule has 2 atom stereocenters. The van der Waals surface area contributed by atoms with Gasteiger partial charge in [-0.05, 0) is 26.0 Å². The molecule has 9 heteroatoms. The molecule has 9 nitrogen and oxygen atoms in total. The second kappa shape index (κ2) is 8.14. The lowest BCUT2D eigenvalue weighted by atomic mass is 10.0. The minimum absolute atomic E-state index is 0.0701. The monoisotopic (exact) mass is 395 g/mol. The number of hydrogen-bond donors (Lipinski definition) is 2. The van der Waals surface area contributed by atoms with E-state index in [1.807, 2.05) is 25.3 Å². The summed E-state index contributed by atoms with van der Waals surface area (Å²) in [5.74, 6) is 1.02. The second-order valence-corrected chi connectivity index (χ2v) is 7.08. The number of nitrogens with one attached hydrogen (secondary N) is 2. The average Bonchev–Trinajstić information content (AvgIpc) is 3.11. The molecule has 0 saturated carbocycles. The van der Waals surface area contributed by atoms with Crippen molar-refractivity contribution in [2.24, 2.45) is 0 Å².